The Hall–Kier alpha value is -4.84. The topological polar surface area (TPSA) is 162 Å². The number of thiazole rings is 1. The van der Waals surface area contributed by atoms with Crippen molar-refractivity contribution in [2.45, 2.75) is 153 Å². The monoisotopic (exact) mass is 1140 g/mol. The molecule has 414 valence electrons. The smallest absolute Gasteiger partial charge is 0.281 e. The average molecular weight is 1140 g/mol. The zero-order valence-electron chi connectivity index (χ0n) is 46.0. The first-order chi connectivity index (χ1) is 37.5. The lowest BCUT2D eigenvalue weighted by Crippen LogP contribution is -2.61. The Kier molecular flexibility index (Phi) is 14.6. The Morgan fingerprint density at radius 1 is 0.885 bits per heavy atom. The number of morpholine rings is 1. The molecular weight excluding hydrogens is 1060 g/mol. The van der Waals surface area contributed by atoms with Crippen LogP contribution in [0, 0.1) is 23.2 Å². The number of amides is 3. The van der Waals surface area contributed by atoms with E-state index < -0.39 is 29.0 Å². The van der Waals surface area contributed by atoms with Crippen LogP contribution in [0.25, 0.3) is 27.0 Å². The first-order valence-electron chi connectivity index (χ1n) is 29.0. The number of aliphatic hydroxyl groups is 1. The highest BCUT2D eigenvalue weighted by Crippen LogP contribution is 2.58. The molecule has 3 amide bonds. The molecule has 4 aliphatic carbocycles. The van der Waals surface area contributed by atoms with Crippen molar-refractivity contribution in [1.82, 2.24) is 39.9 Å². The zero-order valence-corrected chi connectivity index (χ0v) is 48.4. The number of nitrogens with zero attached hydrogens (tertiary/aromatic N) is 6. The quantitative estimate of drug-likeness (QED) is 0.110. The van der Waals surface area contributed by atoms with Gasteiger partial charge in [0.05, 0.1) is 63.4 Å². The number of nitrogens with one attached hydrogen (secondary N) is 2. The number of piperidine rings is 1. The maximum Gasteiger partial charge on any atom is 0.281 e. The number of aryl methyl sites for hydroxylation is 1. The van der Waals surface area contributed by atoms with Gasteiger partial charge < -0.3 is 30.3 Å². The summed E-state index contributed by atoms with van der Waals surface area (Å²) in [5, 5.41) is 18.4. The van der Waals surface area contributed by atoms with Gasteiger partial charge in [0.1, 0.15) is 17.9 Å². The number of aromatic nitrogens is 3. The molecule has 6 heterocycles. The van der Waals surface area contributed by atoms with Crippen molar-refractivity contribution in [1.29, 1.82) is 0 Å². The van der Waals surface area contributed by atoms with E-state index in [2.05, 4.69) is 94.4 Å². The highest BCUT2D eigenvalue weighted by molar-refractivity contribution is 9.10. The average Bonchev–Trinajstić information content (AvgIpc) is 4.19. The molecule has 0 radical (unpaired) electrons. The number of halogens is 1. The van der Waals surface area contributed by atoms with E-state index in [1.54, 1.807) is 11.3 Å². The molecule has 4 saturated carbocycles. The Morgan fingerprint density at radius 2 is 1.60 bits per heavy atom. The molecule has 5 aromatic rings. The third-order valence-corrected chi connectivity index (χ3v) is 21.4. The molecule has 13 rings (SSSR count). The molecule has 7 fully saturated rings. The third-order valence-electron chi connectivity index (χ3n) is 19.7. The van der Waals surface area contributed by atoms with Crippen molar-refractivity contribution in [3.8, 4) is 16.1 Å². The van der Waals surface area contributed by atoms with Crippen molar-refractivity contribution in [2.24, 2.45) is 16.2 Å². The molecular formula is C62H77BrN8O6S. The van der Waals surface area contributed by atoms with Gasteiger partial charge in [-0.2, -0.15) is 4.98 Å². The molecule has 2 bridgehead atoms. The van der Waals surface area contributed by atoms with Crippen molar-refractivity contribution < 1.29 is 24.2 Å². The van der Waals surface area contributed by atoms with Crippen LogP contribution in [-0.2, 0) is 24.5 Å². The van der Waals surface area contributed by atoms with Gasteiger partial charge in [-0.05, 0) is 157 Å². The van der Waals surface area contributed by atoms with Crippen LogP contribution in [-0.4, -0.2) is 129 Å². The van der Waals surface area contributed by atoms with E-state index in [1.165, 1.54) is 28.1 Å². The number of ether oxygens (including phenoxy) is 1. The number of hydrogen-bond donors (Lipinski definition) is 3. The number of likely N-dealkylation sites (tertiary alicyclic amines) is 2. The van der Waals surface area contributed by atoms with Crippen LogP contribution in [0.5, 0.6) is 0 Å². The van der Waals surface area contributed by atoms with Crippen LogP contribution in [0.1, 0.15) is 151 Å². The normalized spacial score (nSPS) is 26.2. The largest absolute Gasteiger partial charge is 0.391 e. The van der Waals surface area contributed by atoms with Crippen LogP contribution in [0.15, 0.2) is 75.4 Å². The van der Waals surface area contributed by atoms with Gasteiger partial charge in [-0.15, -0.1) is 11.3 Å². The van der Waals surface area contributed by atoms with E-state index in [0.717, 1.165) is 147 Å². The summed E-state index contributed by atoms with van der Waals surface area (Å²) in [7, 11) is 0. The van der Waals surface area contributed by atoms with Gasteiger partial charge in [0.2, 0.25) is 17.7 Å². The lowest BCUT2D eigenvalue weighted by Gasteiger charge is -2.54. The third kappa shape index (κ3) is 9.89. The minimum atomic E-state index is -0.886. The summed E-state index contributed by atoms with van der Waals surface area (Å²) in [5.41, 5.74) is 8.33. The van der Waals surface area contributed by atoms with Gasteiger partial charge in [-0.3, -0.25) is 28.6 Å². The Bertz CT molecular complexity index is 3120. The molecule has 78 heavy (non-hydrogen) atoms. The van der Waals surface area contributed by atoms with Crippen LogP contribution in [0.3, 0.4) is 0 Å². The lowest BCUT2D eigenvalue weighted by molar-refractivity contribution is -0.150. The fraction of sp³-hybridized carbons (Fsp3) is 0.581. The van der Waals surface area contributed by atoms with Crippen LogP contribution in [0.2, 0.25) is 0 Å². The number of rotatable bonds is 12. The molecule has 3 saturated heterocycles. The van der Waals surface area contributed by atoms with Gasteiger partial charge in [-0.1, -0.05) is 82.5 Å². The summed E-state index contributed by atoms with van der Waals surface area (Å²) in [6, 6.07) is 19.3. The second kappa shape index (κ2) is 21.2. The highest BCUT2D eigenvalue weighted by atomic mass is 79.9. The first kappa shape index (κ1) is 53.8. The molecule has 1 spiro atoms. The van der Waals surface area contributed by atoms with Gasteiger partial charge in [-0.25, -0.2) is 4.98 Å². The van der Waals surface area contributed by atoms with E-state index in [0.29, 0.717) is 31.1 Å². The predicted molar refractivity (Wildman–Crippen MR) is 308 cm³/mol. The van der Waals surface area contributed by atoms with Crippen molar-refractivity contribution in [3.63, 3.8) is 0 Å². The molecule has 14 nitrogen and oxygen atoms in total. The highest BCUT2D eigenvalue weighted by Gasteiger charge is 2.55. The number of aliphatic hydroxyl groups excluding tert-OH is 1. The van der Waals surface area contributed by atoms with Crippen LogP contribution in [0.4, 0.5) is 0 Å². The Morgan fingerprint density at radius 3 is 2.28 bits per heavy atom. The summed E-state index contributed by atoms with van der Waals surface area (Å²) in [4.78, 5) is 74.7. The SMILES string of the molecule is Cc1ncsc1-c1ccc([C@H](CN2CCOCC2)NC(=O)[C@@H]2C[C@@H](O)CN2C(=O)[C@@H](NC(=O)C23CCC(CN4CCC(c5ccc6c(c5)C5(CCCCC5)c5nc(=O)c7c(Br)cccc7n5-6)CC4)(CC2)CC3)C(C)(C)C)cc1. The minimum Gasteiger partial charge on any atom is -0.391 e. The van der Waals surface area contributed by atoms with Crippen LogP contribution >= 0.6 is 27.3 Å². The summed E-state index contributed by atoms with van der Waals surface area (Å²) >= 11 is 5.26. The van der Waals surface area contributed by atoms with E-state index in [1.807, 2.05) is 45.3 Å². The van der Waals surface area contributed by atoms with E-state index >= 15 is 0 Å². The first-order valence-corrected chi connectivity index (χ1v) is 30.7. The predicted octanol–water partition coefficient (Wildman–Crippen LogP) is 9.35. The van der Waals surface area contributed by atoms with Crippen molar-refractivity contribution in [2.75, 3.05) is 59.0 Å². The molecule has 4 aliphatic heterocycles. The molecule has 3 aromatic carbocycles. The molecule has 2 aromatic heterocycles. The fourth-order valence-corrected chi connectivity index (χ4v) is 16.4. The number of benzene rings is 3. The standard InChI is InChI=1S/C62H77BrN8O6S/c1-39-52(78-38-64-39)42-13-11-41(12-14-42)47(36-68-29-31-77-32-30-68)65-54(73)50-34-44(72)35-70(50)56(75)53(59(2,3)4)66-58(76)61-24-21-60(22-25-61,23-26-61)37-69-27-17-40(18-28-69)43-15-16-48-45(33-43)62(19-6-5-7-20-62)57-67-55(74)51-46(63)9-8-10-49(51)71(48)57/h8-16,33,38,40,44,47,50,53,72H,5-7,17-32,34-37H2,1-4H3,(H,65,73)(H,66,76)/t44-,47+,50+,53-,60?,61?/m1/s1. The zero-order chi connectivity index (χ0) is 54.1. The second-order valence-electron chi connectivity index (χ2n) is 25.5. The molecule has 0 unspecified atom stereocenters. The molecule has 4 atom stereocenters. The number of hydrogen-bond acceptors (Lipinski definition) is 11. The van der Waals surface area contributed by atoms with E-state index in [4.69, 9.17) is 9.72 Å². The summed E-state index contributed by atoms with van der Waals surface area (Å²) in [6.45, 7) is 14.4. The molecule has 8 aliphatic rings. The van der Waals surface area contributed by atoms with E-state index in [9.17, 15) is 24.3 Å². The number of β-amino-alcohol motifs (C(OH)–C–C–N with tert-alkyl or cyclic N) is 1. The Labute approximate surface area is 471 Å². The summed E-state index contributed by atoms with van der Waals surface area (Å²) in [6.07, 6.45) is 12.4. The van der Waals surface area contributed by atoms with Crippen molar-refractivity contribution in [3.05, 3.63) is 109 Å². The molecule has 3 N–H and O–H groups in total. The Balaban J connectivity index is 0.684. The summed E-state index contributed by atoms with van der Waals surface area (Å²) in [5.74, 6) is 0.710. The van der Waals surface area contributed by atoms with Gasteiger partial charge in [0, 0.05) is 49.0 Å². The van der Waals surface area contributed by atoms with Gasteiger partial charge in [0.15, 0.2) is 0 Å². The second-order valence-corrected chi connectivity index (χ2v) is 27.2. The number of carbonyl (C=O) groups is 3. The minimum absolute atomic E-state index is 0.0291. The van der Waals surface area contributed by atoms with Crippen LogP contribution < -0.4 is 16.2 Å². The maximum absolute atomic E-state index is 14.9. The maximum atomic E-state index is 14.9. The molecule has 16 heteroatoms. The fourth-order valence-electron chi connectivity index (χ4n) is 15.1. The van der Waals surface area contributed by atoms with Gasteiger partial charge in [0.25, 0.3) is 5.56 Å². The van der Waals surface area contributed by atoms with Crippen molar-refractivity contribution >= 4 is 55.9 Å². The number of fused-ring (bicyclic) bond motifs is 10. The summed E-state index contributed by atoms with van der Waals surface area (Å²) < 4.78 is 8.72. The number of carbonyl (C=O) groups excluding carboxylic acids is 3. The van der Waals surface area contributed by atoms with E-state index in [-0.39, 0.29) is 53.1 Å². The van der Waals surface area contributed by atoms with Gasteiger partial charge >= 0.3 is 0 Å². The lowest BCUT2D eigenvalue weighted by atomic mass is 9.53.